The number of nitrogens with zero attached hydrogens (tertiary/aromatic N) is 3. The molecule has 1 fully saturated rings. The average Bonchev–Trinajstić information content (AvgIpc) is 3.14. The van der Waals surface area contributed by atoms with Gasteiger partial charge in [-0.25, -0.2) is 4.98 Å². The monoisotopic (exact) mass is 408 g/mol. The minimum absolute atomic E-state index is 0.162. The van der Waals surface area contributed by atoms with Crippen LogP contribution >= 0.6 is 0 Å². The van der Waals surface area contributed by atoms with Crippen molar-refractivity contribution in [2.24, 2.45) is 0 Å². The van der Waals surface area contributed by atoms with Gasteiger partial charge in [0.15, 0.2) is 0 Å². The van der Waals surface area contributed by atoms with E-state index in [4.69, 9.17) is 9.47 Å². The number of rotatable bonds is 8. The molecular formula is C23H28N4O3. The highest BCUT2D eigenvalue weighted by atomic mass is 16.5. The molecule has 0 atom stereocenters. The Morgan fingerprint density at radius 2 is 1.90 bits per heavy atom. The predicted molar refractivity (Wildman–Crippen MR) is 118 cm³/mol. The van der Waals surface area contributed by atoms with Crippen molar-refractivity contribution in [3.8, 4) is 0 Å². The summed E-state index contributed by atoms with van der Waals surface area (Å²) in [6.45, 7) is 7.32. The molecule has 30 heavy (non-hydrogen) atoms. The first-order chi connectivity index (χ1) is 14.8. The van der Waals surface area contributed by atoms with E-state index in [9.17, 15) is 4.79 Å². The summed E-state index contributed by atoms with van der Waals surface area (Å²) < 4.78 is 12.9. The molecule has 1 aliphatic heterocycles. The summed E-state index contributed by atoms with van der Waals surface area (Å²) in [7, 11) is 0. The molecule has 0 saturated carbocycles. The standard InChI is InChI=1S/C23H28N4O3/c1-2-29-15-5-12-27-21-7-4-3-6-20(21)24-23(27)25-22(28)18-8-10-19(11-9-18)26-13-16-30-17-14-26/h3-4,6-11H,2,5,12-17H2,1H3,(H,24,25,28). The van der Waals surface area contributed by atoms with Crippen molar-refractivity contribution in [1.29, 1.82) is 0 Å². The van der Waals surface area contributed by atoms with Crippen molar-refractivity contribution in [2.45, 2.75) is 19.9 Å². The summed E-state index contributed by atoms with van der Waals surface area (Å²) in [6.07, 6.45) is 0.852. The summed E-state index contributed by atoms with van der Waals surface area (Å²) in [5, 5.41) is 2.99. The largest absolute Gasteiger partial charge is 0.382 e. The Hall–Kier alpha value is -2.90. The minimum atomic E-state index is -0.162. The molecule has 7 nitrogen and oxygen atoms in total. The zero-order chi connectivity index (χ0) is 20.8. The number of fused-ring (bicyclic) bond motifs is 1. The molecule has 3 aromatic rings. The van der Waals surface area contributed by atoms with E-state index in [0.717, 1.165) is 56.0 Å². The zero-order valence-electron chi connectivity index (χ0n) is 17.3. The summed E-state index contributed by atoms with van der Waals surface area (Å²) in [5.74, 6) is 0.403. The first-order valence-corrected chi connectivity index (χ1v) is 10.5. The van der Waals surface area contributed by atoms with Crippen LogP contribution in [0.15, 0.2) is 48.5 Å². The molecule has 0 radical (unpaired) electrons. The van der Waals surface area contributed by atoms with Crippen LogP contribution in [0.1, 0.15) is 23.7 Å². The van der Waals surface area contributed by atoms with Gasteiger partial charge in [-0.05, 0) is 49.7 Å². The lowest BCUT2D eigenvalue weighted by Gasteiger charge is -2.28. The number of ether oxygens (including phenoxy) is 2. The van der Waals surface area contributed by atoms with E-state index < -0.39 is 0 Å². The van der Waals surface area contributed by atoms with Gasteiger partial charge in [0.2, 0.25) is 5.95 Å². The predicted octanol–water partition coefficient (Wildman–Crippen LogP) is 3.55. The van der Waals surface area contributed by atoms with E-state index in [1.54, 1.807) is 0 Å². The fourth-order valence-corrected chi connectivity index (χ4v) is 3.69. The van der Waals surface area contributed by atoms with Crippen molar-refractivity contribution in [3.63, 3.8) is 0 Å². The van der Waals surface area contributed by atoms with Gasteiger partial charge in [-0.3, -0.25) is 10.1 Å². The minimum Gasteiger partial charge on any atom is -0.382 e. The van der Waals surface area contributed by atoms with E-state index in [0.29, 0.717) is 24.7 Å². The molecule has 0 spiro atoms. The molecule has 0 aliphatic carbocycles. The summed E-state index contributed by atoms with van der Waals surface area (Å²) in [4.78, 5) is 19.8. The first-order valence-electron chi connectivity index (χ1n) is 10.5. The number of carbonyl (C=O) groups excluding carboxylic acids is 1. The average molecular weight is 409 g/mol. The normalized spacial score (nSPS) is 14.2. The number of imidazole rings is 1. The number of amides is 1. The second kappa shape index (κ2) is 9.73. The Bertz CT molecular complexity index is 978. The number of morpholine rings is 1. The van der Waals surface area contributed by atoms with Gasteiger partial charge < -0.3 is 18.9 Å². The van der Waals surface area contributed by atoms with Crippen LogP contribution in [0.5, 0.6) is 0 Å². The number of para-hydroxylation sites is 2. The third kappa shape index (κ3) is 4.63. The van der Waals surface area contributed by atoms with E-state index in [1.807, 2.05) is 60.0 Å². The van der Waals surface area contributed by atoms with Gasteiger partial charge in [-0.15, -0.1) is 0 Å². The number of nitrogens with one attached hydrogen (secondary N) is 1. The molecule has 2 heterocycles. The van der Waals surface area contributed by atoms with E-state index in [-0.39, 0.29) is 5.91 Å². The van der Waals surface area contributed by atoms with Crippen LogP contribution in [0, 0.1) is 0 Å². The molecule has 1 aromatic heterocycles. The maximum absolute atomic E-state index is 12.9. The fourth-order valence-electron chi connectivity index (χ4n) is 3.69. The molecule has 0 unspecified atom stereocenters. The van der Waals surface area contributed by atoms with Crippen molar-refractivity contribution >= 4 is 28.6 Å². The van der Waals surface area contributed by atoms with Crippen molar-refractivity contribution in [1.82, 2.24) is 9.55 Å². The van der Waals surface area contributed by atoms with Gasteiger partial charge in [0.25, 0.3) is 5.91 Å². The number of aryl methyl sites for hydroxylation is 1. The second-order valence-corrected chi connectivity index (χ2v) is 7.23. The second-order valence-electron chi connectivity index (χ2n) is 7.23. The SMILES string of the molecule is CCOCCCn1c(NC(=O)c2ccc(N3CCOCC3)cc2)nc2ccccc21. The van der Waals surface area contributed by atoms with Gasteiger partial charge in [-0.2, -0.15) is 0 Å². The number of benzene rings is 2. The van der Waals surface area contributed by atoms with Gasteiger partial charge in [-0.1, -0.05) is 12.1 Å². The van der Waals surface area contributed by atoms with Crippen molar-refractivity contribution in [2.75, 3.05) is 49.7 Å². The van der Waals surface area contributed by atoms with Crippen molar-refractivity contribution < 1.29 is 14.3 Å². The van der Waals surface area contributed by atoms with Gasteiger partial charge in [0.1, 0.15) is 0 Å². The number of carbonyl (C=O) groups is 1. The Morgan fingerprint density at radius 3 is 2.67 bits per heavy atom. The highest BCUT2D eigenvalue weighted by Gasteiger charge is 2.16. The summed E-state index contributed by atoms with van der Waals surface area (Å²) >= 11 is 0. The Labute approximate surface area is 176 Å². The highest BCUT2D eigenvalue weighted by molar-refractivity contribution is 6.04. The lowest BCUT2D eigenvalue weighted by atomic mass is 10.2. The van der Waals surface area contributed by atoms with Gasteiger partial charge >= 0.3 is 0 Å². The Kier molecular flexibility index (Phi) is 6.61. The molecule has 1 aliphatic rings. The molecule has 7 heteroatoms. The van der Waals surface area contributed by atoms with Crippen LogP contribution in [0.2, 0.25) is 0 Å². The maximum atomic E-state index is 12.9. The van der Waals surface area contributed by atoms with Crippen LogP contribution in [0.3, 0.4) is 0 Å². The molecule has 1 amide bonds. The van der Waals surface area contributed by atoms with Crippen LogP contribution in [-0.2, 0) is 16.0 Å². The molecule has 158 valence electrons. The number of anilines is 2. The number of hydrogen-bond acceptors (Lipinski definition) is 5. The van der Waals surface area contributed by atoms with Crippen LogP contribution in [-0.4, -0.2) is 55.0 Å². The maximum Gasteiger partial charge on any atom is 0.257 e. The molecular weight excluding hydrogens is 380 g/mol. The smallest absolute Gasteiger partial charge is 0.257 e. The molecule has 1 saturated heterocycles. The third-order valence-electron chi connectivity index (χ3n) is 5.26. The van der Waals surface area contributed by atoms with E-state index >= 15 is 0 Å². The highest BCUT2D eigenvalue weighted by Crippen LogP contribution is 2.22. The zero-order valence-corrected chi connectivity index (χ0v) is 17.3. The van der Waals surface area contributed by atoms with Crippen LogP contribution in [0.25, 0.3) is 11.0 Å². The van der Waals surface area contributed by atoms with Crippen molar-refractivity contribution in [3.05, 3.63) is 54.1 Å². The third-order valence-corrected chi connectivity index (χ3v) is 5.26. The van der Waals surface area contributed by atoms with Gasteiger partial charge in [0, 0.05) is 44.1 Å². The lowest BCUT2D eigenvalue weighted by molar-refractivity contribution is 0.102. The molecule has 2 aromatic carbocycles. The lowest BCUT2D eigenvalue weighted by Crippen LogP contribution is -2.36. The Morgan fingerprint density at radius 1 is 1.13 bits per heavy atom. The van der Waals surface area contributed by atoms with Crippen LogP contribution in [0.4, 0.5) is 11.6 Å². The summed E-state index contributed by atoms with van der Waals surface area (Å²) in [5.41, 5.74) is 3.59. The van der Waals surface area contributed by atoms with Crippen LogP contribution < -0.4 is 10.2 Å². The fraction of sp³-hybridized carbons (Fsp3) is 0.391. The molecule has 4 rings (SSSR count). The van der Waals surface area contributed by atoms with E-state index in [1.165, 1.54) is 0 Å². The molecule has 1 N–H and O–H groups in total. The topological polar surface area (TPSA) is 68.6 Å². The number of hydrogen-bond donors (Lipinski definition) is 1. The number of aromatic nitrogens is 2. The van der Waals surface area contributed by atoms with E-state index in [2.05, 4.69) is 15.2 Å². The Balaban J connectivity index is 1.49. The first kappa shape index (κ1) is 20.4. The quantitative estimate of drug-likeness (QED) is 0.578. The summed E-state index contributed by atoms with van der Waals surface area (Å²) in [6, 6.07) is 15.6. The van der Waals surface area contributed by atoms with Gasteiger partial charge in [0.05, 0.1) is 24.2 Å². The molecule has 0 bridgehead atoms.